The molecule has 0 aromatic rings. The summed E-state index contributed by atoms with van der Waals surface area (Å²) in [5, 5.41) is 14.7. The molecular weight excluding hydrogens is 156 g/mol. The van der Waals surface area contributed by atoms with E-state index >= 15 is 0 Å². The fraction of sp³-hybridized carbons (Fsp3) is 0.875. The Bertz CT molecular complexity index is 146. The van der Waals surface area contributed by atoms with Crippen molar-refractivity contribution in [3.05, 3.63) is 0 Å². The summed E-state index contributed by atoms with van der Waals surface area (Å²) in [5.74, 6) is 0. The van der Waals surface area contributed by atoms with Crippen molar-refractivity contribution >= 4 is 6.03 Å². The van der Waals surface area contributed by atoms with Crippen LogP contribution in [0.2, 0.25) is 0 Å². The number of carbonyl (C=O) groups excluding carboxylic acids is 1. The molecule has 0 aliphatic heterocycles. The van der Waals surface area contributed by atoms with Gasteiger partial charge in [-0.1, -0.05) is 6.92 Å². The lowest BCUT2D eigenvalue weighted by atomic mass is 10.0. The molecule has 12 heavy (non-hydrogen) atoms. The van der Waals surface area contributed by atoms with E-state index in [1.165, 1.54) is 0 Å². The van der Waals surface area contributed by atoms with Crippen LogP contribution in [0.3, 0.4) is 0 Å². The Morgan fingerprint density at radius 3 is 2.42 bits per heavy atom. The second kappa shape index (κ2) is 4.98. The Morgan fingerprint density at radius 2 is 2.00 bits per heavy atom. The van der Waals surface area contributed by atoms with Gasteiger partial charge in [-0.15, -0.1) is 0 Å². The summed E-state index contributed by atoms with van der Waals surface area (Å²) in [6.45, 7) is 6.30. The Morgan fingerprint density at radius 1 is 1.42 bits per heavy atom. The summed E-state index contributed by atoms with van der Waals surface area (Å²) < 4.78 is 0. The van der Waals surface area contributed by atoms with Gasteiger partial charge in [0.05, 0.1) is 5.60 Å². The lowest BCUT2D eigenvalue weighted by molar-refractivity contribution is 0.0582. The molecule has 0 aliphatic rings. The molecule has 2 amide bonds. The highest BCUT2D eigenvalue weighted by atomic mass is 16.3. The highest BCUT2D eigenvalue weighted by Gasteiger charge is 2.17. The molecule has 0 heterocycles. The summed E-state index contributed by atoms with van der Waals surface area (Å²) in [7, 11) is 0. The maximum absolute atomic E-state index is 10.9. The molecule has 72 valence electrons. The number of urea groups is 1. The van der Waals surface area contributed by atoms with Crippen LogP contribution < -0.4 is 10.6 Å². The highest BCUT2D eigenvalue weighted by molar-refractivity contribution is 5.73. The van der Waals surface area contributed by atoms with Crippen molar-refractivity contribution < 1.29 is 9.90 Å². The van der Waals surface area contributed by atoms with E-state index in [-0.39, 0.29) is 12.6 Å². The summed E-state index contributed by atoms with van der Waals surface area (Å²) >= 11 is 0. The zero-order valence-corrected chi connectivity index (χ0v) is 7.98. The molecule has 0 saturated heterocycles. The minimum Gasteiger partial charge on any atom is -0.388 e. The monoisotopic (exact) mass is 174 g/mol. The van der Waals surface area contributed by atoms with Crippen LogP contribution in [0.1, 0.15) is 27.2 Å². The average Bonchev–Trinajstić information content (AvgIpc) is 2.02. The Hall–Kier alpha value is -0.770. The highest BCUT2D eigenvalue weighted by Crippen LogP contribution is 2.05. The molecule has 0 rings (SSSR count). The van der Waals surface area contributed by atoms with E-state index < -0.39 is 5.60 Å². The maximum Gasteiger partial charge on any atom is 0.314 e. The molecule has 0 radical (unpaired) electrons. The molecule has 1 unspecified atom stereocenters. The van der Waals surface area contributed by atoms with Crippen LogP contribution in [0.5, 0.6) is 0 Å². The van der Waals surface area contributed by atoms with Gasteiger partial charge in [-0.05, 0) is 20.3 Å². The van der Waals surface area contributed by atoms with Gasteiger partial charge in [-0.2, -0.15) is 0 Å². The van der Waals surface area contributed by atoms with Gasteiger partial charge in [0, 0.05) is 13.1 Å². The van der Waals surface area contributed by atoms with Crippen LogP contribution in [0.4, 0.5) is 4.79 Å². The van der Waals surface area contributed by atoms with Crippen molar-refractivity contribution in [1.29, 1.82) is 0 Å². The van der Waals surface area contributed by atoms with Gasteiger partial charge in [-0.25, -0.2) is 4.79 Å². The lowest BCUT2D eigenvalue weighted by Crippen LogP contribution is -2.44. The third-order valence-corrected chi connectivity index (χ3v) is 1.73. The van der Waals surface area contributed by atoms with Crippen LogP contribution in [0.25, 0.3) is 0 Å². The third-order valence-electron chi connectivity index (χ3n) is 1.73. The van der Waals surface area contributed by atoms with Crippen LogP contribution in [0.15, 0.2) is 0 Å². The summed E-state index contributed by atoms with van der Waals surface area (Å²) in [6, 6.07) is -0.230. The molecule has 0 aromatic carbocycles. The smallest absolute Gasteiger partial charge is 0.314 e. The molecule has 1 atom stereocenters. The van der Waals surface area contributed by atoms with Gasteiger partial charge in [0.15, 0.2) is 0 Å². The minimum atomic E-state index is -0.801. The summed E-state index contributed by atoms with van der Waals surface area (Å²) in [6.07, 6.45) is 0.624. The Labute approximate surface area is 73.3 Å². The number of hydrogen-bond donors (Lipinski definition) is 3. The summed E-state index contributed by atoms with van der Waals surface area (Å²) in [5.41, 5.74) is -0.801. The molecule has 4 heteroatoms. The fourth-order valence-electron chi connectivity index (χ4n) is 0.619. The number of hydrogen-bond acceptors (Lipinski definition) is 2. The fourth-order valence-corrected chi connectivity index (χ4v) is 0.619. The quantitative estimate of drug-likeness (QED) is 0.580. The first kappa shape index (κ1) is 11.2. The van der Waals surface area contributed by atoms with Gasteiger partial charge >= 0.3 is 6.03 Å². The Balaban J connectivity index is 3.60. The largest absolute Gasteiger partial charge is 0.388 e. The molecule has 0 aromatic heterocycles. The van der Waals surface area contributed by atoms with Crippen molar-refractivity contribution in [2.45, 2.75) is 32.8 Å². The molecule has 0 fully saturated rings. The zero-order chi connectivity index (χ0) is 9.61. The van der Waals surface area contributed by atoms with Crippen molar-refractivity contribution in [3.63, 3.8) is 0 Å². The molecule has 0 spiro atoms. The first-order valence-electron chi connectivity index (χ1n) is 4.26. The van der Waals surface area contributed by atoms with E-state index in [4.69, 9.17) is 0 Å². The Kier molecular flexibility index (Phi) is 4.66. The van der Waals surface area contributed by atoms with Crippen molar-refractivity contribution in [2.75, 3.05) is 13.1 Å². The van der Waals surface area contributed by atoms with Crippen LogP contribution in [-0.2, 0) is 0 Å². The van der Waals surface area contributed by atoms with Gasteiger partial charge in [0.1, 0.15) is 0 Å². The number of aliphatic hydroxyl groups is 1. The molecule has 0 saturated carbocycles. The van der Waals surface area contributed by atoms with Gasteiger partial charge in [-0.3, -0.25) is 0 Å². The van der Waals surface area contributed by atoms with E-state index in [1.807, 2.05) is 13.8 Å². The van der Waals surface area contributed by atoms with Gasteiger partial charge in [0.2, 0.25) is 0 Å². The van der Waals surface area contributed by atoms with E-state index in [0.29, 0.717) is 13.0 Å². The predicted octanol–water partition coefficient (Wildman–Crippen LogP) is 0.466. The number of carbonyl (C=O) groups is 1. The molecule has 0 aliphatic carbocycles. The van der Waals surface area contributed by atoms with Crippen molar-refractivity contribution in [1.82, 2.24) is 10.6 Å². The standard InChI is InChI=1S/C8H18N2O2/c1-4-8(3,12)6-10-7(11)9-5-2/h12H,4-6H2,1-3H3,(H2,9,10,11). The van der Waals surface area contributed by atoms with Gasteiger partial charge in [0.25, 0.3) is 0 Å². The third kappa shape index (κ3) is 4.96. The van der Waals surface area contributed by atoms with Crippen molar-refractivity contribution in [2.24, 2.45) is 0 Å². The first-order valence-corrected chi connectivity index (χ1v) is 4.26. The maximum atomic E-state index is 10.9. The molecule has 3 N–H and O–H groups in total. The average molecular weight is 174 g/mol. The molecule has 0 bridgehead atoms. The SMILES string of the molecule is CCNC(=O)NCC(C)(O)CC. The van der Waals surface area contributed by atoms with Crippen LogP contribution in [0, 0.1) is 0 Å². The normalized spacial score (nSPS) is 15.0. The van der Waals surface area contributed by atoms with Crippen LogP contribution in [-0.4, -0.2) is 29.8 Å². The van der Waals surface area contributed by atoms with E-state index in [0.717, 1.165) is 0 Å². The number of nitrogens with one attached hydrogen (secondary N) is 2. The second-order valence-corrected chi connectivity index (χ2v) is 3.06. The van der Waals surface area contributed by atoms with E-state index in [1.54, 1.807) is 6.92 Å². The first-order chi connectivity index (χ1) is 5.52. The summed E-state index contributed by atoms with van der Waals surface area (Å²) in [4.78, 5) is 10.9. The second-order valence-electron chi connectivity index (χ2n) is 3.06. The molecule has 4 nitrogen and oxygen atoms in total. The van der Waals surface area contributed by atoms with Gasteiger partial charge < -0.3 is 15.7 Å². The number of rotatable bonds is 4. The van der Waals surface area contributed by atoms with E-state index in [2.05, 4.69) is 10.6 Å². The van der Waals surface area contributed by atoms with E-state index in [9.17, 15) is 9.90 Å². The van der Waals surface area contributed by atoms with Crippen LogP contribution >= 0.6 is 0 Å². The number of amides is 2. The topological polar surface area (TPSA) is 61.4 Å². The predicted molar refractivity (Wildman–Crippen MR) is 48.0 cm³/mol. The lowest BCUT2D eigenvalue weighted by Gasteiger charge is -2.21. The van der Waals surface area contributed by atoms with Crippen molar-refractivity contribution in [3.8, 4) is 0 Å². The molecular formula is C8H18N2O2. The minimum absolute atomic E-state index is 0.230. The zero-order valence-electron chi connectivity index (χ0n) is 7.98.